The molecule has 0 fully saturated rings. The quantitative estimate of drug-likeness (QED) is 0.635. The van der Waals surface area contributed by atoms with Gasteiger partial charge in [0.05, 0.1) is 0 Å². The van der Waals surface area contributed by atoms with Crippen LogP contribution < -0.4 is 15.4 Å². The van der Waals surface area contributed by atoms with Crippen molar-refractivity contribution in [2.24, 2.45) is 0 Å². The number of hydrogen-bond acceptors (Lipinski definition) is 5. The summed E-state index contributed by atoms with van der Waals surface area (Å²) in [7, 11) is 1.64. The Labute approximate surface area is 137 Å². The molecule has 1 amide bonds. The Bertz CT molecular complexity index is 517. The summed E-state index contributed by atoms with van der Waals surface area (Å²) in [4.78, 5) is 11.6. The Morgan fingerprint density at radius 1 is 1.39 bits per heavy atom. The van der Waals surface area contributed by atoms with Gasteiger partial charge in [-0.15, -0.1) is 0 Å². The van der Waals surface area contributed by atoms with Crippen LogP contribution in [0.5, 0.6) is 5.75 Å². The Morgan fingerprint density at radius 3 is 2.96 bits per heavy atom. The SMILES string of the molecule is CCC(NCC(O)COc1cccc2c1CCCC(=O)N2)OC. The molecule has 6 nitrogen and oxygen atoms in total. The van der Waals surface area contributed by atoms with E-state index in [0.29, 0.717) is 13.0 Å². The van der Waals surface area contributed by atoms with Crippen molar-refractivity contribution < 1.29 is 19.4 Å². The van der Waals surface area contributed by atoms with Crippen molar-refractivity contribution in [1.82, 2.24) is 5.32 Å². The molecule has 1 aliphatic heterocycles. The number of aliphatic hydroxyl groups excluding tert-OH is 1. The number of amides is 1. The van der Waals surface area contributed by atoms with Crippen molar-refractivity contribution in [3.63, 3.8) is 0 Å². The van der Waals surface area contributed by atoms with Gasteiger partial charge in [-0.05, 0) is 31.4 Å². The van der Waals surface area contributed by atoms with E-state index in [1.165, 1.54) is 0 Å². The van der Waals surface area contributed by atoms with Gasteiger partial charge in [-0.3, -0.25) is 10.1 Å². The summed E-state index contributed by atoms with van der Waals surface area (Å²) in [6.07, 6.45) is 2.25. The highest BCUT2D eigenvalue weighted by atomic mass is 16.5. The van der Waals surface area contributed by atoms with E-state index < -0.39 is 6.10 Å². The van der Waals surface area contributed by atoms with E-state index in [2.05, 4.69) is 10.6 Å². The van der Waals surface area contributed by atoms with Crippen molar-refractivity contribution in [1.29, 1.82) is 0 Å². The number of aliphatic hydroxyl groups is 1. The first kappa shape index (κ1) is 17.7. The van der Waals surface area contributed by atoms with Gasteiger partial charge in [-0.2, -0.15) is 0 Å². The summed E-state index contributed by atoms with van der Waals surface area (Å²) in [5, 5.41) is 16.1. The molecule has 1 aliphatic rings. The number of rotatable bonds is 8. The summed E-state index contributed by atoms with van der Waals surface area (Å²) < 4.78 is 11.0. The zero-order valence-electron chi connectivity index (χ0n) is 13.8. The maximum absolute atomic E-state index is 11.6. The molecule has 128 valence electrons. The second-order valence-electron chi connectivity index (χ2n) is 5.69. The Kier molecular flexibility index (Phi) is 6.83. The molecule has 0 radical (unpaired) electrons. The Hall–Kier alpha value is -1.63. The number of carbonyl (C=O) groups is 1. The van der Waals surface area contributed by atoms with Gasteiger partial charge in [0, 0.05) is 31.3 Å². The first-order chi connectivity index (χ1) is 11.1. The fourth-order valence-corrected chi connectivity index (χ4v) is 2.62. The number of anilines is 1. The minimum atomic E-state index is -0.629. The van der Waals surface area contributed by atoms with Crippen LogP contribution in [0, 0.1) is 0 Å². The topological polar surface area (TPSA) is 79.8 Å². The zero-order valence-corrected chi connectivity index (χ0v) is 13.8. The van der Waals surface area contributed by atoms with Gasteiger partial charge >= 0.3 is 0 Å². The molecule has 0 saturated carbocycles. The van der Waals surface area contributed by atoms with Crippen LogP contribution in [0.25, 0.3) is 0 Å². The fourth-order valence-electron chi connectivity index (χ4n) is 2.62. The van der Waals surface area contributed by atoms with Crippen molar-refractivity contribution in [2.45, 2.75) is 44.9 Å². The van der Waals surface area contributed by atoms with Crippen molar-refractivity contribution >= 4 is 11.6 Å². The van der Waals surface area contributed by atoms with E-state index in [-0.39, 0.29) is 18.7 Å². The number of benzene rings is 1. The molecular weight excluding hydrogens is 296 g/mol. The highest BCUT2D eigenvalue weighted by Gasteiger charge is 2.17. The molecule has 1 aromatic carbocycles. The summed E-state index contributed by atoms with van der Waals surface area (Å²) in [5.41, 5.74) is 1.81. The van der Waals surface area contributed by atoms with Crippen LogP contribution in [-0.4, -0.2) is 43.6 Å². The molecule has 3 N–H and O–H groups in total. The van der Waals surface area contributed by atoms with E-state index in [1.54, 1.807) is 7.11 Å². The van der Waals surface area contributed by atoms with Crippen molar-refractivity contribution in [3.8, 4) is 5.75 Å². The van der Waals surface area contributed by atoms with E-state index in [0.717, 1.165) is 36.3 Å². The van der Waals surface area contributed by atoms with Gasteiger partial charge in [0.25, 0.3) is 0 Å². The number of nitrogens with one attached hydrogen (secondary N) is 2. The van der Waals surface area contributed by atoms with Gasteiger partial charge in [-0.25, -0.2) is 0 Å². The molecule has 0 aromatic heterocycles. The predicted octanol–water partition coefficient (Wildman–Crippen LogP) is 1.67. The van der Waals surface area contributed by atoms with Gasteiger partial charge in [0.15, 0.2) is 0 Å². The molecule has 2 rings (SSSR count). The third-order valence-electron chi connectivity index (χ3n) is 3.91. The van der Waals surface area contributed by atoms with Crippen LogP contribution in [0.1, 0.15) is 31.7 Å². The molecule has 1 heterocycles. The largest absolute Gasteiger partial charge is 0.490 e. The van der Waals surface area contributed by atoms with Crippen LogP contribution in [0.4, 0.5) is 5.69 Å². The second kappa shape index (κ2) is 8.86. The predicted molar refractivity (Wildman–Crippen MR) is 88.6 cm³/mol. The number of fused-ring (bicyclic) bond motifs is 1. The normalized spacial score (nSPS) is 16.9. The fraction of sp³-hybridized carbons (Fsp3) is 0.588. The first-order valence-electron chi connectivity index (χ1n) is 8.12. The first-order valence-corrected chi connectivity index (χ1v) is 8.12. The lowest BCUT2D eigenvalue weighted by Gasteiger charge is -2.19. The molecule has 6 heteroatoms. The third kappa shape index (κ3) is 5.20. The van der Waals surface area contributed by atoms with E-state index in [1.807, 2.05) is 25.1 Å². The minimum absolute atomic E-state index is 0.0373. The van der Waals surface area contributed by atoms with Crippen molar-refractivity contribution in [2.75, 3.05) is 25.6 Å². The van der Waals surface area contributed by atoms with Gasteiger partial charge in [0.1, 0.15) is 24.7 Å². The number of hydrogen-bond donors (Lipinski definition) is 3. The summed E-state index contributed by atoms with van der Waals surface area (Å²) in [5.74, 6) is 0.762. The van der Waals surface area contributed by atoms with Crippen LogP contribution in [0.3, 0.4) is 0 Å². The lowest BCUT2D eigenvalue weighted by molar-refractivity contribution is -0.116. The number of carbonyl (C=O) groups excluding carboxylic acids is 1. The number of methoxy groups -OCH3 is 1. The van der Waals surface area contributed by atoms with Crippen LogP contribution in [-0.2, 0) is 16.0 Å². The standard InChI is InChI=1S/C17H26N2O4/c1-3-17(22-2)18-10-12(20)11-23-15-8-5-7-14-13(15)6-4-9-16(21)19-14/h5,7-8,12,17-18,20H,3-4,6,9-11H2,1-2H3,(H,19,21). The lowest BCUT2D eigenvalue weighted by Crippen LogP contribution is -2.38. The van der Waals surface area contributed by atoms with Crippen molar-refractivity contribution in [3.05, 3.63) is 23.8 Å². The van der Waals surface area contributed by atoms with Crippen LogP contribution in [0.2, 0.25) is 0 Å². The van der Waals surface area contributed by atoms with Gasteiger partial charge in [0.2, 0.25) is 5.91 Å². The number of ether oxygens (including phenoxy) is 2. The van der Waals surface area contributed by atoms with Gasteiger partial charge < -0.3 is 19.9 Å². The monoisotopic (exact) mass is 322 g/mol. The summed E-state index contributed by atoms with van der Waals surface area (Å²) in [6, 6.07) is 5.61. The maximum atomic E-state index is 11.6. The van der Waals surface area contributed by atoms with E-state index >= 15 is 0 Å². The highest BCUT2D eigenvalue weighted by Crippen LogP contribution is 2.30. The molecule has 0 bridgehead atoms. The summed E-state index contributed by atoms with van der Waals surface area (Å²) >= 11 is 0. The van der Waals surface area contributed by atoms with E-state index in [4.69, 9.17) is 9.47 Å². The van der Waals surface area contributed by atoms with E-state index in [9.17, 15) is 9.90 Å². The summed E-state index contributed by atoms with van der Waals surface area (Å²) in [6.45, 7) is 2.60. The Morgan fingerprint density at radius 2 is 2.22 bits per heavy atom. The molecule has 23 heavy (non-hydrogen) atoms. The molecule has 1 aromatic rings. The molecule has 0 aliphatic carbocycles. The second-order valence-corrected chi connectivity index (χ2v) is 5.69. The van der Waals surface area contributed by atoms with Gasteiger partial charge in [-0.1, -0.05) is 13.0 Å². The lowest BCUT2D eigenvalue weighted by atomic mass is 10.1. The third-order valence-corrected chi connectivity index (χ3v) is 3.91. The molecule has 2 unspecified atom stereocenters. The minimum Gasteiger partial charge on any atom is -0.490 e. The smallest absolute Gasteiger partial charge is 0.224 e. The zero-order chi connectivity index (χ0) is 16.7. The average molecular weight is 322 g/mol. The highest BCUT2D eigenvalue weighted by molar-refractivity contribution is 5.92. The van der Waals surface area contributed by atoms with Crippen LogP contribution in [0.15, 0.2) is 18.2 Å². The Balaban J connectivity index is 1.91. The average Bonchev–Trinajstić information content (AvgIpc) is 2.74. The molecular formula is C17H26N2O4. The molecule has 0 saturated heterocycles. The maximum Gasteiger partial charge on any atom is 0.224 e. The van der Waals surface area contributed by atoms with Crippen LogP contribution >= 0.6 is 0 Å². The molecule has 2 atom stereocenters. The molecule has 0 spiro atoms.